The zero-order valence-corrected chi connectivity index (χ0v) is 18.3. The number of nitrogens with zero attached hydrogens (tertiary/aromatic N) is 3. The lowest BCUT2D eigenvalue weighted by Crippen LogP contribution is -2.47. The van der Waals surface area contributed by atoms with Gasteiger partial charge in [-0.1, -0.05) is 24.6 Å². The monoisotopic (exact) mass is 435 g/mol. The fourth-order valence-electron chi connectivity index (χ4n) is 4.22. The number of aromatic nitrogens is 1. The van der Waals surface area contributed by atoms with Crippen LogP contribution < -0.4 is 0 Å². The van der Waals surface area contributed by atoms with Crippen molar-refractivity contribution in [1.82, 2.24) is 9.88 Å². The quantitative estimate of drug-likeness (QED) is 0.499. The van der Waals surface area contributed by atoms with Crippen molar-refractivity contribution >= 4 is 33.3 Å². The molecular formula is C20H25N3O4S2. The Hall–Kier alpha value is -1.92. The second-order valence-electron chi connectivity index (χ2n) is 7.73. The van der Waals surface area contributed by atoms with Crippen molar-refractivity contribution in [2.75, 3.05) is 17.3 Å². The van der Waals surface area contributed by atoms with Gasteiger partial charge in [0, 0.05) is 23.3 Å². The third-order valence-electron chi connectivity index (χ3n) is 5.62. The van der Waals surface area contributed by atoms with Crippen LogP contribution in [0.3, 0.4) is 0 Å². The third kappa shape index (κ3) is 4.98. The highest BCUT2D eigenvalue weighted by molar-refractivity contribution is 8.00. The van der Waals surface area contributed by atoms with E-state index in [0.717, 1.165) is 25.7 Å². The second kappa shape index (κ2) is 8.84. The van der Waals surface area contributed by atoms with Crippen LogP contribution in [-0.2, 0) is 14.6 Å². The van der Waals surface area contributed by atoms with Gasteiger partial charge in [-0.05, 0) is 39.2 Å². The van der Waals surface area contributed by atoms with Gasteiger partial charge >= 0.3 is 0 Å². The first-order chi connectivity index (χ1) is 13.7. The molecule has 1 aromatic rings. The highest BCUT2D eigenvalue weighted by Gasteiger charge is 2.38. The van der Waals surface area contributed by atoms with Gasteiger partial charge in [-0.25, -0.2) is 13.4 Å². The molecule has 0 spiro atoms. The summed E-state index contributed by atoms with van der Waals surface area (Å²) >= 11 is 1.17. The van der Waals surface area contributed by atoms with Gasteiger partial charge in [0.2, 0.25) is 5.91 Å². The predicted octanol–water partition coefficient (Wildman–Crippen LogP) is 2.51. The van der Waals surface area contributed by atoms with Crippen LogP contribution in [0.1, 0.15) is 60.6 Å². The van der Waals surface area contributed by atoms with Crippen molar-refractivity contribution in [3.8, 4) is 6.07 Å². The van der Waals surface area contributed by atoms with E-state index in [9.17, 15) is 23.3 Å². The van der Waals surface area contributed by atoms with Gasteiger partial charge in [0.15, 0.2) is 15.6 Å². The number of Topliss-reactive ketones (excluding diaryl/α,β-unsaturated/α-hetero) is 1. The van der Waals surface area contributed by atoms with E-state index in [1.807, 2.05) is 0 Å². The van der Waals surface area contributed by atoms with Crippen molar-refractivity contribution < 1.29 is 18.0 Å². The van der Waals surface area contributed by atoms with Gasteiger partial charge in [-0.2, -0.15) is 5.26 Å². The summed E-state index contributed by atoms with van der Waals surface area (Å²) in [6.07, 6.45) is 4.39. The molecule has 0 bridgehead atoms. The van der Waals surface area contributed by atoms with E-state index < -0.39 is 9.84 Å². The van der Waals surface area contributed by atoms with Crippen LogP contribution in [0.15, 0.2) is 11.1 Å². The highest BCUT2D eigenvalue weighted by atomic mass is 32.2. The molecule has 1 atom stereocenters. The van der Waals surface area contributed by atoms with E-state index in [2.05, 4.69) is 11.1 Å². The molecule has 9 heteroatoms. The zero-order chi connectivity index (χ0) is 21.2. The molecule has 2 fully saturated rings. The van der Waals surface area contributed by atoms with Gasteiger partial charge in [-0.15, -0.1) is 0 Å². The number of aryl methyl sites for hydroxylation is 1. The summed E-state index contributed by atoms with van der Waals surface area (Å²) in [7, 11) is -3.09. The summed E-state index contributed by atoms with van der Waals surface area (Å²) in [5.74, 6) is -0.00802. The zero-order valence-electron chi connectivity index (χ0n) is 16.7. The fourth-order valence-corrected chi connectivity index (χ4v) is 6.80. The molecule has 7 nitrogen and oxygen atoms in total. The average Bonchev–Trinajstić information content (AvgIpc) is 3.30. The number of carbonyl (C=O) groups is 2. The molecule has 2 aliphatic rings. The number of ketones is 1. The average molecular weight is 436 g/mol. The maximum atomic E-state index is 13.1. The molecule has 2 heterocycles. The largest absolute Gasteiger partial charge is 0.335 e. The normalized spacial score (nSPS) is 21.1. The standard InChI is InChI=1S/C20H25N3O4S2/c1-13-18(14(2)24)9-15(10-21)20(22-13)28-11-19(25)23(16-5-3-4-6-16)17-7-8-29(26,27)12-17/h9,16-17H,3-8,11-12H2,1-2H3. The topological polar surface area (TPSA) is 108 Å². The van der Waals surface area contributed by atoms with Crippen LogP contribution in [-0.4, -0.2) is 59.3 Å². The molecule has 1 aliphatic heterocycles. The van der Waals surface area contributed by atoms with Crippen molar-refractivity contribution in [3.05, 3.63) is 22.9 Å². The first kappa shape index (κ1) is 21.8. The lowest BCUT2D eigenvalue weighted by atomic mass is 10.1. The van der Waals surface area contributed by atoms with E-state index in [1.54, 1.807) is 11.8 Å². The summed E-state index contributed by atoms with van der Waals surface area (Å²) in [4.78, 5) is 31.0. The second-order valence-corrected chi connectivity index (χ2v) is 10.9. The van der Waals surface area contributed by atoms with Crippen molar-refractivity contribution in [2.24, 2.45) is 0 Å². The van der Waals surface area contributed by atoms with Crippen molar-refractivity contribution in [3.63, 3.8) is 0 Å². The van der Waals surface area contributed by atoms with Crippen LogP contribution in [0.5, 0.6) is 0 Å². The maximum absolute atomic E-state index is 13.1. The number of thioether (sulfide) groups is 1. The van der Waals surface area contributed by atoms with E-state index >= 15 is 0 Å². The first-order valence-corrected chi connectivity index (χ1v) is 12.6. The van der Waals surface area contributed by atoms with E-state index in [0.29, 0.717) is 22.7 Å². The van der Waals surface area contributed by atoms with Crippen LogP contribution in [0.2, 0.25) is 0 Å². The summed E-state index contributed by atoms with van der Waals surface area (Å²) in [5.41, 5.74) is 1.21. The number of rotatable bonds is 6. The first-order valence-electron chi connectivity index (χ1n) is 9.79. The van der Waals surface area contributed by atoms with Gasteiger partial charge in [-0.3, -0.25) is 9.59 Å². The molecule has 156 valence electrons. The Morgan fingerprint density at radius 2 is 1.97 bits per heavy atom. The Morgan fingerprint density at radius 1 is 1.28 bits per heavy atom. The summed E-state index contributed by atoms with van der Waals surface area (Å²) in [5, 5.41) is 9.84. The Morgan fingerprint density at radius 3 is 2.52 bits per heavy atom. The van der Waals surface area contributed by atoms with Crippen molar-refractivity contribution in [1.29, 1.82) is 5.26 Å². The van der Waals surface area contributed by atoms with E-state index in [4.69, 9.17) is 0 Å². The summed E-state index contributed by atoms with van der Waals surface area (Å²) in [6, 6.07) is 3.40. The van der Waals surface area contributed by atoms with Gasteiger partial charge in [0.1, 0.15) is 11.1 Å². The molecule has 1 aromatic heterocycles. The molecule has 0 N–H and O–H groups in total. The van der Waals surface area contributed by atoms with Crippen LogP contribution in [0.25, 0.3) is 0 Å². The number of pyridine rings is 1. The molecule has 0 aromatic carbocycles. The summed E-state index contributed by atoms with van der Waals surface area (Å²) in [6.45, 7) is 3.13. The molecule has 29 heavy (non-hydrogen) atoms. The molecule has 0 radical (unpaired) electrons. The van der Waals surface area contributed by atoms with Crippen LogP contribution in [0, 0.1) is 18.3 Å². The Balaban J connectivity index is 1.78. The lowest BCUT2D eigenvalue weighted by molar-refractivity contribution is -0.132. The number of amides is 1. The number of nitriles is 1. The molecule has 3 rings (SSSR count). The molecule has 1 unspecified atom stereocenters. The molecule has 1 saturated carbocycles. The molecule has 1 amide bonds. The van der Waals surface area contributed by atoms with Crippen LogP contribution in [0.4, 0.5) is 0 Å². The molecular weight excluding hydrogens is 410 g/mol. The molecule has 1 aliphatic carbocycles. The van der Waals surface area contributed by atoms with Gasteiger partial charge < -0.3 is 4.90 Å². The van der Waals surface area contributed by atoms with Gasteiger partial charge in [0.05, 0.1) is 22.8 Å². The predicted molar refractivity (Wildman–Crippen MR) is 111 cm³/mol. The van der Waals surface area contributed by atoms with Crippen molar-refractivity contribution in [2.45, 2.75) is 63.1 Å². The van der Waals surface area contributed by atoms with Crippen LogP contribution >= 0.6 is 11.8 Å². The number of hydrogen-bond acceptors (Lipinski definition) is 7. The van der Waals surface area contributed by atoms with E-state index in [1.165, 1.54) is 24.8 Å². The smallest absolute Gasteiger partial charge is 0.233 e. The highest BCUT2D eigenvalue weighted by Crippen LogP contribution is 2.31. The number of carbonyl (C=O) groups excluding carboxylic acids is 2. The SMILES string of the molecule is CC(=O)c1cc(C#N)c(SCC(=O)N(C2CCCC2)C2CCS(=O)(=O)C2)nc1C. The fraction of sp³-hybridized carbons (Fsp3) is 0.600. The Labute approximate surface area is 175 Å². The lowest BCUT2D eigenvalue weighted by Gasteiger charge is -2.34. The minimum Gasteiger partial charge on any atom is -0.335 e. The van der Waals surface area contributed by atoms with Gasteiger partial charge in [0.25, 0.3) is 0 Å². The number of hydrogen-bond donors (Lipinski definition) is 0. The maximum Gasteiger partial charge on any atom is 0.233 e. The minimum absolute atomic E-state index is 0.0357. The molecule has 1 saturated heterocycles. The van der Waals surface area contributed by atoms with E-state index in [-0.39, 0.29) is 46.6 Å². The Bertz CT molecular complexity index is 963. The number of sulfone groups is 1. The minimum atomic E-state index is -3.09. The summed E-state index contributed by atoms with van der Waals surface area (Å²) < 4.78 is 23.9. The Kier molecular flexibility index (Phi) is 6.64. The third-order valence-corrected chi connectivity index (χ3v) is 8.34.